The Kier molecular flexibility index (Phi) is 3.20. The van der Waals surface area contributed by atoms with Gasteiger partial charge in [-0.05, 0) is 60.9 Å². The van der Waals surface area contributed by atoms with Crippen LogP contribution in [0, 0.1) is 6.92 Å². The van der Waals surface area contributed by atoms with E-state index in [1.165, 1.54) is 24.0 Å². The highest BCUT2D eigenvalue weighted by molar-refractivity contribution is 6.66. The molecule has 0 fully saturated rings. The molecule has 0 N–H and O–H groups in total. The van der Waals surface area contributed by atoms with Crippen molar-refractivity contribution in [2.24, 2.45) is 0 Å². The molecule has 1 aliphatic rings. The van der Waals surface area contributed by atoms with Crippen molar-refractivity contribution in [3.05, 3.63) is 28.8 Å². The van der Waals surface area contributed by atoms with Crippen molar-refractivity contribution in [3.63, 3.8) is 0 Å². The molecule has 1 aromatic rings. The normalized spacial score (nSPS) is 14.4. The van der Waals surface area contributed by atoms with Crippen LogP contribution in [-0.4, -0.2) is 12.4 Å². The van der Waals surface area contributed by atoms with E-state index in [1.54, 1.807) is 11.9 Å². The zero-order valence-corrected chi connectivity index (χ0v) is 10.5. The van der Waals surface area contributed by atoms with Crippen LogP contribution in [0.25, 0.3) is 0 Å². The number of hydrogen-bond donors (Lipinski definition) is 0. The van der Waals surface area contributed by atoms with Crippen molar-refractivity contribution in [2.45, 2.75) is 32.6 Å². The number of anilines is 1. The number of aryl methyl sites for hydroxylation is 2. The van der Waals surface area contributed by atoms with Gasteiger partial charge in [0.05, 0.1) is 5.69 Å². The molecule has 0 bridgehead atoms. The maximum absolute atomic E-state index is 11.3. The topological polar surface area (TPSA) is 20.3 Å². The summed E-state index contributed by atoms with van der Waals surface area (Å²) in [6.45, 7) is 2.03. The van der Waals surface area contributed by atoms with Crippen LogP contribution in [0.15, 0.2) is 12.1 Å². The lowest BCUT2D eigenvalue weighted by atomic mass is 9.88. The van der Waals surface area contributed by atoms with E-state index in [9.17, 15) is 4.79 Å². The summed E-state index contributed by atoms with van der Waals surface area (Å²) in [6.07, 6.45) is 4.62. The summed E-state index contributed by atoms with van der Waals surface area (Å²) in [5, 5.41) is -0.415. The molecule has 0 radical (unpaired) electrons. The second kappa shape index (κ2) is 4.46. The minimum atomic E-state index is -0.415. The van der Waals surface area contributed by atoms with Crippen LogP contribution in [0.1, 0.15) is 29.5 Å². The van der Waals surface area contributed by atoms with Gasteiger partial charge in [0.2, 0.25) is 0 Å². The van der Waals surface area contributed by atoms with Crippen LogP contribution in [0.2, 0.25) is 0 Å². The average molecular weight is 238 g/mol. The second-order valence-corrected chi connectivity index (χ2v) is 4.71. The van der Waals surface area contributed by atoms with E-state index in [0.29, 0.717) is 0 Å². The van der Waals surface area contributed by atoms with E-state index in [1.807, 2.05) is 6.92 Å². The molecule has 0 heterocycles. The molecule has 1 amide bonds. The van der Waals surface area contributed by atoms with Crippen LogP contribution in [0.3, 0.4) is 0 Å². The van der Waals surface area contributed by atoms with Crippen molar-refractivity contribution in [2.75, 3.05) is 11.9 Å². The van der Waals surface area contributed by atoms with Gasteiger partial charge in [-0.25, -0.2) is 0 Å². The fourth-order valence-electron chi connectivity index (χ4n) is 2.48. The zero-order chi connectivity index (χ0) is 11.7. The third-order valence-electron chi connectivity index (χ3n) is 3.30. The Bertz CT molecular complexity index is 428. The van der Waals surface area contributed by atoms with E-state index in [-0.39, 0.29) is 0 Å². The van der Waals surface area contributed by atoms with Gasteiger partial charge in [0.15, 0.2) is 0 Å². The molecule has 0 spiro atoms. The van der Waals surface area contributed by atoms with Crippen molar-refractivity contribution in [3.8, 4) is 0 Å². The molecule has 2 nitrogen and oxygen atoms in total. The average Bonchev–Trinajstić information content (AvgIpc) is 2.28. The third kappa shape index (κ3) is 1.94. The molecule has 0 atom stereocenters. The number of halogens is 1. The molecule has 1 aromatic carbocycles. The summed E-state index contributed by atoms with van der Waals surface area (Å²) in [6, 6.07) is 4.26. The Morgan fingerprint density at radius 3 is 2.69 bits per heavy atom. The van der Waals surface area contributed by atoms with E-state index in [2.05, 4.69) is 12.1 Å². The molecule has 2 rings (SSSR count). The summed E-state index contributed by atoms with van der Waals surface area (Å²) in [4.78, 5) is 12.8. The second-order valence-electron chi connectivity index (χ2n) is 4.39. The number of rotatable bonds is 1. The molecule has 3 heteroatoms. The number of hydrogen-bond acceptors (Lipinski definition) is 1. The maximum atomic E-state index is 11.3. The Morgan fingerprint density at radius 2 is 2.00 bits per heavy atom. The van der Waals surface area contributed by atoms with Gasteiger partial charge in [-0.2, -0.15) is 0 Å². The van der Waals surface area contributed by atoms with Crippen LogP contribution in [0.4, 0.5) is 10.5 Å². The standard InChI is InChI=1S/C13H16ClNO/c1-9-7-8-10-5-3-4-6-11(10)12(9)15(2)13(14)16/h7-8H,3-6H2,1-2H3. The van der Waals surface area contributed by atoms with Crippen molar-refractivity contribution in [1.29, 1.82) is 0 Å². The quantitative estimate of drug-likeness (QED) is 0.539. The minimum Gasteiger partial charge on any atom is -0.301 e. The molecule has 0 unspecified atom stereocenters. The fourth-order valence-corrected chi connectivity index (χ4v) is 2.56. The summed E-state index contributed by atoms with van der Waals surface area (Å²) in [5.41, 5.74) is 4.81. The van der Waals surface area contributed by atoms with Gasteiger partial charge in [0.1, 0.15) is 0 Å². The third-order valence-corrected chi connectivity index (χ3v) is 3.56. The Labute approximate surface area is 101 Å². The monoisotopic (exact) mass is 237 g/mol. The van der Waals surface area contributed by atoms with Gasteiger partial charge in [-0.15, -0.1) is 0 Å². The van der Waals surface area contributed by atoms with E-state index in [0.717, 1.165) is 24.1 Å². The molecule has 16 heavy (non-hydrogen) atoms. The number of carbonyl (C=O) groups is 1. The maximum Gasteiger partial charge on any atom is 0.320 e. The predicted molar refractivity (Wildman–Crippen MR) is 67.5 cm³/mol. The SMILES string of the molecule is Cc1ccc2c(c1N(C)C(=O)Cl)CCCC2. The Balaban J connectivity index is 2.53. The molecule has 0 saturated heterocycles. The zero-order valence-electron chi connectivity index (χ0n) is 9.72. The molecule has 0 aromatic heterocycles. The first-order valence-electron chi connectivity index (χ1n) is 5.66. The molecule has 0 aliphatic heterocycles. The number of benzene rings is 1. The first-order chi connectivity index (χ1) is 7.61. The molecular weight excluding hydrogens is 222 g/mol. The Hall–Kier alpha value is -1.02. The molecular formula is C13H16ClNO. The van der Waals surface area contributed by atoms with Crippen molar-refractivity contribution >= 4 is 22.7 Å². The smallest absolute Gasteiger partial charge is 0.301 e. The highest BCUT2D eigenvalue weighted by atomic mass is 35.5. The van der Waals surface area contributed by atoms with Gasteiger partial charge in [-0.1, -0.05) is 12.1 Å². The predicted octanol–water partition coefficient (Wildman–Crippen LogP) is 3.67. The Morgan fingerprint density at radius 1 is 1.31 bits per heavy atom. The van der Waals surface area contributed by atoms with Gasteiger partial charge in [0.25, 0.3) is 0 Å². The van der Waals surface area contributed by atoms with Crippen LogP contribution in [0.5, 0.6) is 0 Å². The number of carbonyl (C=O) groups excluding carboxylic acids is 1. The van der Waals surface area contributed by atoms with Crippen LogP contribution >= 0.6 is 11.6 Å². The molecule has 1 aliphatic carbocycles. The highest BCUT2D eigenvalue weighted by Crippen LogP contribution is 2.33. The lowest BCUT2D eigenvalue weighted by Gasteiger charge is -2.25. The van der Waals surface area contributed by atoms with Gasteiger partial charge in [0, 0.05) is 7.05 Å². The number of fused-ring (bicyclic) bond motifs is 1. The number of nitrogens with zero attached hydrogens (tertiary/aromatic N) is 1. The largest absolute Gasteiger partial charge is 0.320 e. The van der Waals surface area contributed by atoms with E-state index >= 15 is 0 Å². The lowest BCUT2D eigenvalue weighted by Crippen LogP contribution is -2.23. The van der Waals surface area contributed by atoms with E-state index in [4.69, 9.17) is 11.6 Å². The summed E-state index contributed by atoms with van der Waals surface area (Å²) in [7, 11) is 1.74. The molecule has 0 saturated carbocycles. The van der Waals surface area contributed by atoms with Gasteiger partial charge >= 0.3 is 5.37 Å². The first kappa shape index (κ1) is 11.5. The van der Waals surface area contributed by atoms with Crippen LogP contribution in [-0.2, 0) is 12.8 Å². The van der Waals surface area contributed by atoms with Gasteiger partial charge < -0.3 is 4.90 Å². The van der Waals surface area contributed by atoms with Crippen molar-refractivity contribution in [1.82, 2.24) is 0 Å². The van der Waals surface area contributed by atoms with E-state index < -0.39 is 5.37 Å². The molecule has 86 valence electrons. The van der Waals surface area contributed by atoms with Crippen molar-refractivity contribution < 1.29 is 4.79 Å². The first-order valence-corrected chi connectivity index (χ1v) is 6.03. The van der Waals surface area contributed by atoms with Crippen LogP contribution < -0.4 is 4.90 Å². The summed E-state index contributed by atoms with van der Waals surface area (Å²) in [5.74, 6) is 0. The number of amides is 1. The van der Waals surface area contributed by atoms with Gasteiger partial charge in [-0.3, -0.25) is 4.79 Å². The summed E-state index contributed by atoms with van der Waals surface area (Å²) >= 11 is 5.56. The lowest BCUT2D eigenvalue weighted by molar-refractivity contribution is 0.265. The summed E-state index contributed by atoms with van der Waals surface area (Å²) < 4.78 is 0. The fraction of sp³-hybridized carbons (Fsp3) is 0.462. The highest BCUT2D eigenvalue weighted by Gasteiger charge is 2.19. The minimum absolute atomic E-state index is 0.415.